The summed E-state index contributed by atoms with van der Waals surface area (Å²) in [5, 5.41) is 5.20. The Morgan fingerprint density at radius 1 is 0.833 bits per heavy atom. The predicted octanol–water partition coefficient (Wildman–Crippen LogP) is 4.11. The molecule has 0 saturated heterocycles. The van der Waals surface area contributed by atoms with Gasteiger partial charge in [0.25, 0.3) is 0 Å². The van der Waals surface area contributed by atoms with Crippen LogP contribution in [-0.2, 0) is 10.0 Å². The van der Waals surface area contributed by atoms with Gasteiger partial charge in [0.2, 0.25) is 10.0 Å². The summed E-state index contributed by atoms with van der Waals surface area (Å²) in [5.74, 6) is 0. The van der Waals surface area contributed by atoms with E-state index in [4.69, 9.17) is 5.14 Å². The van der Waals surface area contributed by atoms with E-state index in [1.54, 1.807) is 12.1 Å². The molecule has 0 atom stereocenters. The van der Waals surface area contributed by atoms with Crippen molar-refractivity contribution >= 4 is 33.8 Å². The average molecular weight is 358 g/mol. The molecule has 0 unspecified atom stereocenters. The van der Waals surface area contributed by atoms with E-state index in [9.17, 15) is 8.42 Å². The lowest BCUT2D eigenvalue weighted by Gasteiger charge is -2.09. The van der Waals surface area contributed by atoms with Crippen LogP contribution in [0.25, 0.3) is 11.1 Å². The molecular formula is C19H19NO2S2. The quantitative estimate of drug-likeness (QED) is 0.812. The molecule has 0 aromatic heterocycles. The van der Waals surface area contributed by atoms with Crippen LogP contribution < -0.4 is 5.14 Å². The summed E-state index contributed by atoms with van der Waals surface area (Å²) in [6.07, 6.45) is 4.73. The molecule has 2 aliphatic carbocycles. The molecule has 0 bridgehead atoms. The van der Waals surface area contributed by atoms with Crippen LogP contribution in [0.15, 0.2) is 58.3 Å². The minimum Gasteiger partial charge on any atom is -0.225 e. The Kier molecular flexibility index (Phi) is 3.64. The number of benzene rings is 2. The smallest absolute Gasteiger partial charge is 0.225 e. The Hall–Kier alpha value is -1.56. The van der Waals surface area contributed by atoms with Crippen LogP contribution in [0.1, 0.15) is 36.8 Å². The third kappa shape index (κ3) is 2.92. The van der Waals surface area contributed by atoms with Gasteiger partial charge in [-0.2, -0.15) is 0 Å². The summed E-state index contributed by atoms with van der Waals surface area (Å²) >= 11 is 4.37. The van der Waals surface area contributed by atoms with E-state index in [-0.39, 0.29) is 4.90 Å². The maximum atomic E-state index is 11.5. The van der Waals surface area contributed by atoms with Gasteiger partial charge in [-0.3, -0.25) is 0 Å². The third-order valence-corrected chi connectivity index (χ3v) is 6.40. The van der Waals surface area contributed by atoms with E-state index in [0.29, 0.717) is 5.41 Å². The second kappa shape index (κ2) is 5.48. The highest BCUT2D eigenvalue weighted by atomic mass is 32.2. The van der Waals surface area contributed by atoms with Crippen molar-refractivity contribution in [2.24, 2.45) is 10.6 Å². The molecule has 2 aromatic carbocycles. The van der Waals surface area contributed by atoms with Crippen molar-refractivity contribution in [2.75, 3.05) is 0 Å². The molecule has 3 nitrogen and oxygen atoms in total. The Morgan fingerprint density at radius 2 is 1.29 bits per heavy atom. The van der Waals surface area contributed by atoms with E-state index in [0.717, 1.165) is 23.3 Å². The first kappa shape index (κ1) is 15.9. The molecule has 0 aliphatic heterocycles. The summed E-state index contributed by atoms with van der Waals surface area (Å²) in [6, 6.07) is 15.2. The average Bonchev–Trinajstić information content (AvgIpc) is 3.19. The van der Waals surface area contributed by atoms with E-state index in [1.807, 2.05) is 24.3 Å². The van der Waals surface area contributed by atoms with Crippen molar-refractivity contribution in [2.45, 2.75) is 35.5 Å². The molecule has 1 spiro atoms. The largest absolute Gasteiger partial charge is 0.238 e. The van der Waals surface area contributed by atoms with E-state index < -0.39 is 10.0 Å². The first-order valence-corrected chi connectivity index (χ1v) is 10.0. The molecule has 2 aromatic rings. The molecule has 5 heteroatoms. The minimum atomic E-state index is -3.65. The minimum absolute atomic E-state index is 0.159. The zero-order chi connectivity index (χ0) is 16.9. The third-order valence-electron chi connectivity index (χ3n) is 5.17. The highest BCUT2D eigenvalue weighted by Crippen LogP contribution is 2.63. The Labute approximate surface area is 148 Å². The number of hydrogen-bond donors (Lipinski definition) is 2. The van der Waals surface area contributed by atoms with Crippen LogP contribution in [0.5, 0.6) is 0 Å². The molecule has 124 valence electrons. The SMILES string of the molecule is NS(=O)(=O)c1ccc(C2=C(c3ccc(S)cc3)CC3(CC3)C2)cc1. The molecule has 1 fully saturated rings. The molecule has 4 rings (SSSR count). The zero-order valence-electron chi connectivity index (χ0n) is 13.2. The maximum Gasteiger partial charge on any atom is 0.238 e. The van der Waals surface area contributed by atoms with Gasteiger partial charge in [-0.05, 0) is 77.6 Å². The second-order valence-electron chi connectivity index (χ2n) is 6.93. The monoisotopic (exact) mass is 357 g/mol. The first-order chi connectivity index (χ1) is 11.4. The fourth-order valence-corrected chi connectivity index (χ4v) is 4.28. The molecule has 24 heavy (non-hydrogen) atoms. The number of hydrogen-bond acceptors (Lipinski definition) is 3. The molecule has 1 saturated carbocycles. The topological polar surface area (TPSA) is 60.2 Å². The van der Waals surface area contributed by atoms with Crippen LogP contribution in [0.2, 0.25) is 0 Å². The van der Waals surface area contributed by atoms with Crippen molar-refractivity contribution < 1.29 is 8.42 Å². The maximum absolute atomic E-state index is 11.5. The van der Waals surface area contributed by atoms with Gasteiger partial charge in [-0.1, -0.05) is 24.3 Å². The van der Waals surface area contributed by atoms with Crippen LogP contribution in [0.3, 0.4) is 0 Å². The molecule has 0 radical (unpaired) electrons. The van der Waals surface area contributed by atoms with Crippen molar-refractivity contribution in [3.05, 3.63) is 59.7 Å². The van der Waals surface area contributed by atoms with Gasteiger partial charge in [-0.25, -0.2) is 13.6 Å². The summed E-state index contributed by atoms with van der Waals surface area (Å²) in [6.45, 7) is 0. The van der Waals surface area contributed by atoms with E-state index in [2.05, 4.69) is 24.8 Å². The summed E-state index contributed by atoms with van der Waals surface area (Å²) in [4.78, 5) is 1.12. The van der Waals surface area contributed by atoms with Crippen LogP contribution >= 0.6 is 12.6 Å². The standard InChI is InChI=1S/C19H19NO2S2/c20-24(21,22)16-7-3-14(4-8-16)18-12-19(9-10-19)11-17(18)13-1-5-15(23)6-2-13/h1-8,23H,9-12H2,(H2,20,21,22). The molecule has 2 aliphatic rings. The Morgan fingerprint density at radius 3 is 1.71 bits per heavy atom. The Balaban J connectivity index is 1.77. The lowest BCUT2D eigenvalue weighted by atomic mass is 9.97. The summed E-state index contributed by atoms with van der Waals surface area (Å²) in [5.41, 5.74) is 5.48. The van der Waals surface area contributed by atoms with Gasteiger partial charge in [-0.15, -0.1) is 12.6 Å². The number of thiol groups is 1. The number of sulfonamides is 1. The van der Waals surface area contributed by atoms with Gasteiger partial charge in [0, 0.05) is 4.90 Å². The van der Waals surface area contributed by atoms with Crippen molar-refractivity contribution in [1.29, 1.82) is 0 Å². The lowest BCUT2D eigenvalue weighted by molar-refractivity contribution is 0.568. The molecule has 0 heterocycles. The molecular weight excluding hydrogens is 338 g/mol. The van der Waals surface area contributed by atoms with Crippen LogP contribution in [0, 0.1) is 5.41 Å². The fraction of sp³-hybridized carbons (Fsp3) is 0.263. The molecule has 0 amide bonds. The second-order valence-corrected chi connectivity index (χ2v) is 9.00. The van der Waals surface area contributed by atoms with E-state index >= 15 is 0 Å². The predicted molar refractivity (Wildman–Crippen MR) is 99.2 cm³/mol. The van der Waals surface area contributed by atoms with Crippen molar-refractivity contribution in [1.82, 2.24) is 0 Å². The highest BCUT2D eigenvalue weighted by molar-refractivity contribution is 7.89. The van der Waals surface area contributed by atoms with Crippen molar-refractivity contribution in [3.8, 4) is 0 Å². The lowest BCUT2D eigenvalue weighted by Crippen LogP contribution is -2.11. The van der Waals surface area contributed by atoms with Gasteiger partial charge >= 0.3 is 0 Å². The summed E-state index contributed by atoms with van der Waals surface area (Å²) < 4.78 is 22.9. The van der Waals surface area contributed by atoms with Gasteiger partial charge in [0.05, 0.1) is 4.90 Å². The zero-order valence-corrected chi connectivity index (χ0v) is 14.9. The van der Waals surface area contributed by atoms with E-state index in [1.165, 1.54) is 29.6 Å². The van der Waals surface area contributed by atoms with Gasteiger partial charge in [0.1, 0.15) is 0 Å². The van der Waals surface area contributed by atoms with Crippen LogP contribution in [0.4, 0.5) is 0 Å². The van der Waals surface area contributed by atoms with Gasteiger partial charge in [0.15, 0.2) is 0 Å². The summed E-state index contributed by atoms with van der Waals surface area (Å²) in [7, 11) is -3.65. The van der Waals surface area contributed by atoms with Crippen molar-refractivity contribution in [3.63, 3.8) is 0 Å². The molecule has 2 N–H and O–H groups in total. The number of allylic oxidation sites excluding steroid dienone is 2. The highest BCUT2D eigenvalue weighted by Gasteiger charge is 2.48. The van der Waals surface area contributed by atoms with Gasteiger partial charge < -0.3 is 0 Å². The Bertz CT molecular complexity index is 922. The fourth-order valence-electron chi connectivity index (χ4n) is 3.62. The normalized spacial score (nSPS) is 19.1. The first-order valence-electron chi connectivity index (χ1n) is 8.01. The van der Waals surface area contributed by atoms with Crippen LogP contribution in [-0.4, -0.2) is 8.42 Å². The number of rotatable bonds is 3. The number of nitrogens with two attached hydrogens (primary N) is 1. The number of primary sulfonamides is 1.